The highest BCUT2D eigenvalue weighted by atomic mass is 32.2. The fourth-order valence-electron chi connectivity index (χ4n) is 3.80. The zero-order chi connectivity index (χ0) is 27.1. The topological polar surface area (TPSA) is 107 Å². The number of aliphatic imine (C=N–C) groups is 1. The summed E-state index contributed by atoms with van der Waals surface area (Å²) in [5.74, 6) is 0.0700. The highest BCUT2D eigenvalue weighted by Crippen LogP contribution is 2.35. The quantitative estimate of drug-likeness (QED) is 0.371. The molecule has 0 N–H and O–H groups in total. The molecule has 2 heterocycles. The van der Waals surface area contributed by atoms with Crippen LogP contribution in [0.3, 0.4) is 0 Å². The Morgan fingerprint density at radius 2 is 1.92 bits per heavy atom. The van der Waals surface area contributed by atoms with E-state index in [1.165, 1.54) is 23.8 Å². The summed E-state index contributed by atoms with van der Waals surface area (Å²) in [5.41, 5.74) is 1.84. The van der Waals surface area contributed by atoms with Gasteiger partial charge in [0.1, 0.15) is 0 Å². The normalized spacial score (nSPS) is 17.7. The van der Waals surface area contributed by atoms with Gasteiger partial charge in [-0.05, 0) is 60.7 Å². The molecule has 0 aliphatic carbocycles. The van der Waals surface area contributed by atoms with Gasteiger partial charge < -0.3 is 23.8 Å². The third kappa shape index (κ3) is 6.53. The third-order valence-corrected chi connectivity index (χ3v) is 6.82. The Labute approximate surface area is 225 Å². The van der Waals surface area contributed by atoms with Gasteiger partial charge in [0.05, 0.1) is 37.5 Å². The standard InChI is InChI=1S/C27H29N3O7S/c1-4-36-24(31)17-37-21-9-8-18(14-22(21)34-3)15-23-26(33)29(2)27(38-23)28-20-7-5-6-19(16-20)25(32)30-10-12-35-13-11-30/h5-9,14-16H,4,10-13,17H2,1-3H3/b23-15+,28-27?. The van der Waals surface area contributed by atoms with Gasteiger partial charge in [-0.15, -0.1) is 0 Å². The van der Waals surface area contributed by atoms with Crippen molar-refractivity contribution in [1.29, 1.82) is 0 Å². The SMILES string of the molecule is CCOC(=O)COc1ccc(/C=C2/SC(=Nc3cccc(C(=O)N4CCOCC4)c3)N(C)C2=O)cc1OC. The van der Waals surface area contributed by atoms with Gasteiger partial charge >= 0.3 is 5.97 Å². The lowest BCUT2D eigenvalue weighted by atomic mass is 10.1. The Morgan fingerprint density at radius 3 is 2.66 bits per heavy atom. The number of amidine groups is 1. The van der Waals surface area contributed by atoms with Crippen LogP contribution in [0.2, 0.25) is 0 Å². The summed E-state index contributed by atoms with van der Waals surface area (Å²) in [6.07, 6.45) is 1.74. The van der Waals surface area contributed by atoms with Crippen molar-refractivity contribution in [2.45, 2.75) is 6.92 Å². The minimum Gasteiger partial charge on any atom is -0.493 e. The van der Waals surface area contributed by atoms with E-state index in [1.54, 1.807) is 67.4 Å². The van der Waals surface area contributed by atoms with Gasteiger partial charge in [-0.1, -0.05) is 12.1 Å². The average molecular weight is 540 g/mol. The van der Waals surface area contributed by atoms with Crippen LogP contribution in [-0.4, -0.2) is 86.4 Å². The van der Waals surface area contributed by atoms with Crippen molar-refractivity contribution < 1.29 is 33.3 Å². The summed E-state index contributed by atoms with van der Waals surface area (Å²) in [4.78, 5) is 45.7. The number of benzene rings is 2. The van der Waals surface area contributed by atoms with Gasteiger partial charge in [-0.3, -0.25) is 14.5 Å². The second-order valence-electron chi connectivity index (χ2n) is 8.33. The molecule has 0 aromatic heterocycles. The molecule has 2 aromatic carbocycles. The molecule has 2 amide bonds. The third-order valence-electron chi connectivity index (χ3n) is 5.76. The maximum absolute atomic E-state index is 12.9. The minimum absolute atomic E-state index is 0.0666. The number of hydrogen-bond donors (Lipinski definition) is 0. The van der Waals surface area contributed by atoms with Gasteiger partial charge in [-0.2, -0.15) is 0 Å². The van der Waals surface area contributed by atoms with E-state index in [4.69, 9.17) is 18.9 Å². The zero-order valence-electron chi connectivity index (χ0n) is 21.5. The van der Waals surface area contributed by atoms with E-state index in [9.17, 15) is 14.4 Å². The second-order valence-corrected chi connectivity index (χ2v) is 9.34. The van der Waals surface area contributed by atoms with E-state index in [0.717, 1.165) is 0 Å². The van der Waals surface area contributed by atoms with Crippen LogP contribution in [0.1, 0.15) is 22.8 Å². The van der Waals surface area contributed by atoms with Crippen LogP contribution in [0.5, 0.6) is 11.5 Å². The van der Waals surface area contributed by atoms with Crippen LogP contribution in [0.15, 0.2) is 52.4 Å². The lowest BCUT2D eigenvalue weighted by Gasteiger charge is -2.26. The Hall–Kier alpha value is -3.83. The van der Waals surface area contributed by atoms with Crippen molar-refractivity contribution in [3.63, 3.8) is 0 Å². The smallest absolute Gasteiger partial charge is 0.344 e. The zero-order valence-corrected chi connectivity index (χ0v) is 22.3. The number of rotatable bonds is 8. The second kappa shape index (κ2) is 12.6. The maximum Gasteiger partial charge on any atom is 0.344 e. The van der Waals surface area contributed by atoms with Crippen LogP contribution < -0.4 is 9.47 Å². The summed E-state index contributed by atoms with van der Waals surface area (Å²) in [6.45, 7) is 3.94. The van der Waals surface area contributed by atoms with E-state index in [0.29, 0.717) is 64.7 Å². The molecule has 0 bridgehead atoms. The van der Waals surface area contributed by atoms with Crippen molar-refractivity contribution in [2.24, 2.45) is 4.99 Å². The van der Waals surface area contributed by atoms with E-state index >= 15 is 0 Å². The Morgan fingerprint density at radius 1 is 1.13 bits per heavy atom. The number of thioether (sulfide) groups is 1. The minimum atomic E-state index is -0.473. The predicted molar refractivity (Wildman–Crippen MR) is 144 cm³/mol. The Kier molecular flexibility index (Phi) is 9.03. The molecular weight excluding hydrogens is 510 g/mol. The monoisotopic (exact) mass is 539 g/mol. The number of nitrogens with zero attached hydrogens (tertiary/aromatic N) is 3. The predicted octanol–water partition coefficient (Wildman–Crippen LogP) is 3.34. The van der Waals surface area contributed by atoms with Crippen molar-refractivity contribution >= 4 is 46.5 Å². The summed E-state index contributed by atoms with van der Waals surface area (Å²) >= 11 is 1.24. The first-order chi connectivity index (χ1) is 18.4. The van der Waals surface area contributed by atoms with Gasteiger partial charge in [0.15, 0.2) is 23.3 Å². The molecule has 2 saturated heterocycles. The Balaban J connectivity index is 1.49. The molecular formula is C27H29N3O7S. The molecule has 0 unspecified atom stereocenters. The van der Waals surface area contributed by atoms with E-state index in [2.05, 4.69) is 4.99 Å². The number of likely N-dealkylation sites (N-methyl/N-ethyl adjacent to an activating group) is 1. The van der Waals surface area contributed by atoms with Gasteiger partial charge in [0.25, 0.3) is 11.8 Å². The molecule has 2 aromatic rings. The van der Waals surface area contributed by atoms with Crippen LogP contribution in [-0.2, 0) is 19.1 Å². The number of esters is 1. The molecule has 10 nitrogen and oxygen atoms in total. The molecule has 0 atom stereocenters. The molecule has 38 heavy (non-hydrogen) atoms. The molecule has 0 radical (unpaired) electrons. The van der Waals surface area contributed by atoms with E-state index in [-0.39, 0.29) is 25.0 Å². The fourth-order valence-corrected chi connectivity index (χ4v) is 4.79. The first-order valence-corrected chi connectivity index (χ1v) is 12.9. The molecule has 2 aliphatic heterocycles. The summed E-state index contributed by atoms with van der Waals surface area (Å²) in [6, 6.07) is 12.2. The number of hydrogen-bond acceptors (Lipinski definition) is 9. The van der Waals surface area contributed by atoms with Crippen LogP contribution in [0, 0.1) is 0 Å². The molecule has 2 fully saturated rings. The summed E-state index contributed by atoms with van der Waals surface area (Å²) in [7, 11) is 3.15. The molecule has 11 heteroatoms. The van der Waals surface area contributed by atoms with Crippen LogP contribution >= 0.6 is 11.8 Å². The molecule has 2 aliphatic rings. The number of amides is 2. The first kappa shape index (κ1) is 27.2. The number of morpholine rings is 1. The molecule has 0 saturated carbocycles. The fraction of sp³-hybridized carbons (Fsp3) is 0.333. The van der Waals surface area contributed by atoms with Gasteiger partial charge in [0, 0.05) is 25.7 Å². The van der Waals surface area contributed by atoms with Gasteiger partial charge in [-0.25, -0.2) is 9.79 Å². The highest BCUT2D eigenvalue weighted by Gasteiger charge is 2.30. The number of carbonyl (C=O) groups is 3. The van der Waals surface area contributed by atoms with Crippen molar-refractivity contribution in [3.8, 4) is 11.5 Å². The molecule has 0 spiro atoms. The first-order valence-electron chi connectivity index (χ1n) is 12.1. The average Bonchev–Trinajstić information content (AvgIpc) is 3.20. The summed E-state index contributed by atoms with van der Waals surface area (Å²) < 4.78 is 21.1. The molecule has 200 valence electrons. The van der Waals surface area contributed by atoms with Crippen molar-refractivity contribution in [1.82, 2.24) is 9.80 Å². The number of ether oxygens (including phenoxy) is 4. The van der Waals surface area contributed by atoms with E-state index < -0.39 is 5.97 Å². The molecule has 4 rings (SSSR count). The van der Waals surface area contributed by atoms with Crippen LogP contribution in [0.25, 0.3) is 6.08 Å². The number of carbonyl (C=O) groups excluding carboxylic acids is 3. The Bertz CT molecular complexity index is 1270. The largest absolute Gasteiger partial charge is 0.493 e. The number of methoxy groups -OCH3 is 1. The summed E-state index contributed by atoms with van der Waals surface area (Å²) in [5, 5.41) is 0.499. The van der Waals surface area contributed by atoms with Crippen LogP contribution in [0.4, 0.5) is 5.69 Å². The highest BCUT2D eigenvalue weighted by molar-refractivity contribution is 8.18. The van der Waals surface area contributed by atoms with Gasteiger partial charge in [0.2, 0.25) is 0 Å². The lowest BCUT2D eigenvalue weighted by molar-refractivity contribution is -0.145. The van der Waals surface area contributed by atoms with Crippen molar-refractivity contribution in [2.75, 3.05) is 53.7 Å². The van der Waals surface area contributed by atoms with Crippen molar-refractivity contribution in [3.05, 3.63) is 58.5 Å². The maximum atomic E-state index is 12.9. The lowest BCUT2D eigenvalue weighted by Crippen LogP contribution is -2.40. The van der Waals surface area contributed by atoms with E-state index in [1.807, 2.05) is 0 Å².